The van der Waals surface area contributed by atoms with E-state index in [4.69, 9.17) is 5.73 Å². The van der Waals surface area contributed by atoms with Gasteiger partial charge >= 0.3 is 0 Å². The van der Waals surface area contributed by atoms with Gasteiger partial charge < -0.3 is 16.0 Å². The Morgan fingerprint density at radius 1 is 1.25 bits per heavy atom. The fourth-order valence-corrected chi connectivity index (χ4v) is 2.08. The van der Waals surface area contributed by atoms with Crippen LogP contribution in [0.25, 0.3) is 0 Å². The van der Waals surface area contributed by atoms with Gasteiger partial charge in [-0.2, -0.15) is 0 Å². The lowest BCUT2D eigenvalue weighted by Gasteiger charge is -2.30. The molecule has 0 saturated carbocycles. The predicted molar refractivity (Wildman–Crippen MR) is 70.6 cm³/mol. The van der Waals surface area contributed by atoms with Gasteiger partial charge in [-0.15, -0.1) is 0 Å². The van der Waals surface area contributed by atoms with Gasteiger partial charge in [0.05, 0.1) is 11.4 Å². The number of nitrogens with zero attached hydrogens (tertiary/aromatic N) is 2. The van der Waals surface area contributed by atoms with Crippen molar-refractivity contribution in [1.82, 2.24) is 4.98 Å². The van der Waals surface area contributed by atoms with Gasteiger partial charge in [-0.25, -0.2) is 13.8 Å². The van der Waals surface area contributed by atoms with Crippen LogP contribution in [0.4, 0.5) is 31.8 Å². The molecule has 2 aromatic rings. The number of aromatic nitrogens is 1. The smallest absolute Gasteiger partial charge is 0.244 e. The Morgan fingerprint density at radius 2 is 2.00 bits per heavy atom. The van der Waals surface area contributed by atoms with E-state index >= 15 is 0 Å². The van der Waals surface area contributed by atoms with E-state index in [0.717, 1.165) is 0 Å². The molecule has 0 aliphatic carbocycles. The topological polar surface area (TPSA) is 71.2 Å². The Kier molecular flexibility index (Phi) is 2.74. The number of anilines is 4. The van der Waals surface area contributed by atoms with Crippen LogP contribution in [0.2, 0.25) is 0 Å². The van der Waals surface area contributed by atoms with Crippen molar-refractivity contribution in [3.63, 3.8) is 0 Å². The molecule has 7 heteroatoms. The molecule has 102 valence electrons. The minimum absolute atomic E-state index is 0.119. The van der Waals surface area contributed by atoms with Crippen LogP contribution in [0, 0.1) is 11.6 Å². The fourth-order valence-electron chi connectivity index (χ4n) is 2.08. The van der Waals surface area contributed by atoms with Gasteiger partial charge in [0.15, 0.2) is 23.3 Å². The van der Waals surface area contributed by atoms with Crippen molar-refractivity contribution in [2.45, 2.75) is 0 Å². The van der Waals surface area contributed by atoms with Gasteiger partial charge in [-0.05, 0) is 12.1 Å². The first-order valence-corrected chi connectivity index (χ1v) is 5.84. The van der Waals surface area contributed by atoms with E-state index in [1.807, 2.05) is 0 Å². The first-order chi connectivity index (χ1) is 9.56. The number of rotatable bonds is 1. The number of amides is 1. The van der Waals surface area contributed by atoms with Crippen LogP contribution in [0.1, 0.15) is 0 Å². The summed E-state index contributed by atoms with van der Waals surface area (Å²) in [7, 11) is 0. The summed E-state index contributed by atoms with van der Waals surface area (Å²) >= 11 is 0. The predicted octanol–water partition coefficient (Wildman–Crippen LogP) is 2.03. The van der Waals surface area contributed by atoms with E-state index in [0.29, 0.717) is 17.4 Å². The number of halogens is 2. The lowest BCUT2D eigenvalue weighted by molar-refractivity contribution is -0.115. The number of pyridine rings is 1. The first-order valence-electron chi connectivity index (χ1n) is 5.84. The van der Waals surface area contributed by atoms with E-state index < -0.39 is 17.5 Å². The average Bonchev–Trinajstić information content (AvgIpc) is 2.42. The third-order valence-corrected chi connectivity index (χ3v) is 2.96. The molecule has 1 aliphatic heterocycles. The zero-order chi connectivity index (χ0) is 14.3. The van der Waals surface area contributed by atoms with Gasteiger partial charge in [0.25, 0.3) is 0 Å². The van der Waals surface area contributed by atoms with Gasteiger partial charge in [-0.1, -0.05) is 12.1 Å². The molecule has 0 bridgehead atoms. The maximum absolute atomic E-state index is 13.9. The molecule has 3 rings (SSSR count). The molecule has 0 fully saturated rings. The first kappa shape index (κ1) is 12.3. The number of para-hydroxylation sites is 2. The molecule has 5 nitrogen and oxygen atoms in total. The molecule has 1 aromatic carbocycles. The summed E-state index contributed by atoms with van der Waals surface area (Å²) < 4.78 is 27.1. The Hall–Kier alpha value is -2.70. The summed E-state index contributed by atoms with van der Waals surface area (Å²) in [5, 5.41) is 2.67. The molecule has 0 saturated heterocycles. The molecule has 3 N–H and O–H groups in total. The van der Waals surface area contributed by atoms with Gasteiger partial charge in [0.2, 0.25) is 5.91 Å². The molecule has 20 heavy (non-hydrogen) atoms. The standard InChI is InChI=1S/C13H10F2N4O/c14-7-5-8(15)13(18-12(7)16)19-6-11(20)17-9-3-1-2-4-10(9)19/h1-5H,6H2,(H2,16,18)(H,17,20). The fraction of sp³-hybridized carbons (Fsp3) is 0.0769. The number of carbonyl (C=O) groups excluding carboxylic acids is 1. The Bertz CT molecular complexity index is 705. The number of hydrogen-bond acceptors (Lipinski definition) is 4. The summed E-state index contributed by atoms with van der Waals surface area (Å²) in [5.41, 5.74) is 6.48. The third kappa shape index (κ3) is 1.93. The van der Waals surface area contributed by atoms with Crippen molar-refractivity contribution in [3.8, 4) is 0 Å². The lowest BCUT2D eigenvalue weighted by atomic mass is 10.2. The quantitative estimate of drug-likeness (QED) is 0.836. The average molecular weight is 276 g/mol. The SMILES string of the molecule is Nc1nc(N2CC(=O)Nc3ccccc32)c(F)cc1F. The van der Waals surface area contributed by atoms with Crippen LogP contribution in [-0.4, -0.2) is 17.4 Å². The lowest BCUT2D eigenvalue weighted by Crippen LogP contribution is -2.36. The Labute approximate surface area is 113 Å². The van der Waals surface area contributed by atoms with Crippen LogP contribution < -0.4 is 16.0 Å². The highest BCUT2D eigenvalue weighted by molar-refractivity contribution is 6.02. The largest absolute Gasteiger partial charge is 0.381 e. The highest BCUT2D eigenvalue weighted by Crippen LogP contribution is 2.35. The van der Waals surface area contributed by atoms with Crippen molar-refractivity contribution in [1.29, 1.82) is 0 Å². The maximum Gasteiger partial charge on any atom is 0.244 e. The number of fused-ring (bicyclic) bond motifs is 1. The summed E-state index contributed by atoms with van der Waals surface area (Å²) in [6.45, 7) is -0.119. The highest BCUT2D eigenvalue weighted by Gasteiger charge is 2.26. The van der Waals surface area contributed by atoms with Crippen molar-refractivity contribution < 1.29 is 13.6 Å². The van der Waals surface area contributed by atoms with Gasteiger partial charge in [0, 0.05) is 6.07 Å². The zero-order valence-electron chi connectivity index (χ0n) is 10.2. The Morgan fingerprint density at radius 3 is 2.80 bits per heavy atom. The zero-order valence-corrected chi connectivity index (χ0v) is 10.2. The normalized spacial score (nSPS) is 13.9. The molecule has 1 aliphatic rings. The molecule has 1 aromatic heterocycles. The van der Waals surface area contributed by atoms with Crippen LogP contribution in [-0.2, 0) is 4.79 Å². The summed E-state index contributed by atoms with van der Waals surface area (Å²) in [6, 6.07) is 7.53. The van der Waals surface area contributed by atoms with Crippen molar-refractivity contribution in [2.24, 2.45) is 0 Å². The summed E-state index contributed by atoms with van der Waals surface area (Å²) in [6.07, 6.45) is 0. The second-order valence-corrected chi connectivity index (χ2v) is 4.31. The molecule has 0 unspecified atom stereocenters. The number of nitrogen functional groups attached to an aromatic ring is 1. The molecular weight excluding hydrogens is 266 g/mol. The third-order valence-electron chi connectivity index (χ3n) is 2.96. The molecular formula is C13H10F2N4O. The van der Waals surface area contributed by atoms with E-state index in [9.17, 15) is 13.6 Å². The molecule has 0 atom stereocenters. The van der Waals surface area contributed by atoms with Crippen LogP contribution in [0.15, 0.2) is 30.3 Å². The van der Waals surface area contributed by atoms with E-state index in [2.05, 4.69) is 10.3 Å². The maximum atomic E-state index is 13.9. The number of nitrogens with two attached hydrogens (primary N) is 1. The molecule has 1 amide bonds. The Balaban J connectivity index is 2.15. The highest BCUT2D eigenvalue weighted by atomic mass is 19.1. The van der Waals surface area contributed by atoms with E-state index in [1.165, 1.54) is 4.90 Å². The van der Waals surface area contributed by atoms with E-state index in [1.54, 1.807) is 24.3 Å². The number of nitrogens with one attached hydrogen (secondary N) is 1. The second kappa shape index (κ2) is 4.44. The minimum Gasteiger partial charge on any atom is -0.381 e. The molecule has 2 heterocycles. The number of carbonyl (C=O) groups is 1. The minimum atomic E-state index is -0.930. The van der Waals surface area contributed by atoms with Crippen LogP contribution in [0.5, 0.6) is 0 Å². The van der Waals surface area contributed by atoms with Gasteiger partial charge in [0.1, 0.15) is 6.54 Å². The van der Waals surface area contributed by atoms with Crippen LogP contribution >= 0.6 is 0 Å². The number of hydrogen-bond donors (Lipinski definition) is 2. The summed E-state index contributed by atoms with van der Waals surface area (Å²) in [4.78, 5) is 16.7. The molecule has 0 radical (unpaired) electrons. The molecule has 0 spiro atoms. The monoisotopic (exact) mass is 276 g/mol. The number of benzene rings is 1. The van der Waals surface area contributed by atoms with Crippen molar-refractivity contribution >= 4 is 28.9 Å². The summed E-state index contributed by atoms with van der Waals surface area (Å²) in [5.74, 6) is -2.70. The van der Waals surface area contributed by atoms with Crippen LogP contribution in [0.3, 0.4) is 0 Å². The van der Waals surface area contributed by atoms with Crippen molar-refractivity contribution in [2.75, 3.05) is 22.5 Å². The van der Waals surface area contributed by atoms with Crippen molar-refractivity contribution in [3.05, 3.63) is 42.0 Å². The second-order valence-electron chi connectivity index (χ2n) is 4.31. The van der Waals surface area contributed by atoms with Gasteiger partial charge in [-0.3, -0.25) is 4.79 Å². The van der Waals surface area contributed by atoms with E-state index in [-0.39, 0.29) is 18.3 Å².